The number of hydrogen-bond acceptors (Lipinski definition) is 3. The minimum absolute atomic E-state index is 0.184. The second-order valence-corrected chi connectivity index (χ2v) is 7.00. The highest BCUT2D eigenvalue weighted by Gasteiger charge is 2.12. The molecule has 0 aromatic heterocycles. The monoisotopic (exact) mass is 352 g/mol. The summed E-state index contributed by atoms with van der Waals surface area (Å²) in [5.41, 5.74) is 4.85. The van der Waals surface area contributed by atoms with Gasteiger partial charge in [0.1, 0.15) is 0 Å². The second-order valence-electron chi connectivity index (χ2n) is 7.00. The molecule has 1 aliphatic rings. The van der Waals surface area contributed by atoms with Crippen molar-refractivity contribution < 1.29 is 9.53 Å². The number of hydrogen-bond donors (Lipinski definition) is 0. The van der Waals surface area contributed by atoms with Crippen molar-refractivity contribution in [2.24, 2.45) is 0 Å². The van der Waals surface area contributed by atoms with E-state index in [4.69, 9.17) is 4.74 Å². The Bertz CT molecular complexity index is 721. The van der Waals surface area contributed by atoms with Crippen molar-refractivity contribution in [3.63, 3.8) is 0 Å². The van der Waals surface area contributed by atoms with Crippen molar-refractivity contribution in [1.29, 1.82) is 0 Å². The van der Waals surface area contributed by atoms with Crippen LogP contribution in [0.2, 0.25) is 0 Å². The van der Waals surface area contributed by atoms with Crippen molar-refractivity contribution in [1.82, 2.24) is 4.90 Å². The van der Waals surface area contributed by atoms with Gasteiger partial charge < -0.3 is 14.5 Å². The number of benzene rings is 2. The molecule has 0 N–H and O–H groups in total. The quantitative estimate of drug-likeness (QED) is 0.799. The maximum Gasteiger partial charge on any atom is 0.222 e. The number of nitrogens with zero attached hydrogens (tertiary/aromatic N) is 2. The molecule has 2 aromatic rings. The minimum atomic E-state index is 0.184. The molecular weight excluding hydrogens is 324 g/mol. The number of ether oxygens (including phenoxy) is 1. The number of anilines is 1. The fourth-order valence-electron chi connectivity index (χ4n) is 3.31. The van der Waals surface area contributed by atoms with Gasteiger partial charge in [0.05, 0.1) is 13.2 Å². The van der Waals surface area contributed by atoms with Crippen molar-refractivity contribution >= 4 is 11.6 Å². The van der Waals surface area contributed by atoms with E-state index >= 15 is 0 Å². The molecule has 138 valence electrons. The van der Waals surface area contributed by atoms with Crippen LogP contribution >= 0.6 is 0 Å². The van der Waals surface area contributed by atoms with E-state index in [1.807, 2.05) is 11.9 Å². The number of carbonyl (C=O) groups excluding carboxylic acids is 1. The molecule has 1 saturated heterocycles. The van der Waals surface area contributed by atoms with Gasteiger partial charge in [-0.2, -0.15) is 0 Å². The molecule has 0 unspecified atom stereocenters. The van der Waals surface area contributed by atoms with Gasteiger partial charge in [0, 0.05) is 38.8 Å². The van der Waals surface area contributed by atoms with Gasteiger partial charge in [-0.25, -0.2) is 0 Å². The normalized spacial score (nSPS) is 14.3. The smallest absolute Gasteiger partial charge is 0.222 e. The molecule has 1 aliphatic heterocycles. The number of carbonyl (C=O) groups is 1. The molecule has 0 bridgehead atoms. The molecule has 1 amide bonds. The first-order chi connectivity index (χ1) is 12.6. The van der Waals surface area contributed by atoms with E-state index in [9.17, 15) is 4.79 Å². The van der Waals surface area contributed by atoms with Gasteiger partial charge in [0.25, 0.3) is 0 Å². The van der Waals surface area contributed by atoms with E-state index in [-0.39, 0.29) is 5.91 Å². The maximum atomic E-state index is 12.4. The Morgan fingerprint density at radius 1 is 1.08 bits per heavy atom. The lowest BCUT2D eigenvalue weighted by molar-refractivity contribution is -0.130. The standard InChI is InChI=1S/C22H28N2O2/c1-18-4-3-5-19(16-18)8-11-22(25)23(2)17-20-6-9-21(10-7-20)24-12-14-26-15-13-24/h3-7,9-10,16H,8,11-15,17H2,1-2H3. The van der Waals surface area contributed by atoms with Gasteiger partial charge in [-0.15, -0.1) is 0 Å². The molecule has 0 atom stereocenters. The lowest BCUT2D eigenvalue weighted by Crippen LogP contribution is -2.36. The number of morpholine rings is 1. The van der Waals surface area contributed by atoms with E-state index in [0.29, 0.717) is 13.0 Å². The second kappa shape index (κ2) is 8.86. The van der Waals surface area contributed by atoms with Crippen LogP contribution in [0, 0.1) is 6.92 Å². The Kier molecular flexibility index (Phi) is 6.29. The Balaban J connectivity index is 1.50. The fraction of sp³-hybridized carbons (Fsp3) is 0.409. The third-order valence-electron chi connectivity index (χ3n) is 4.87. The molecule has 0 aliphatic carbocycles. The third-order valence-corrected chi connectivity index (χ3v) is 4.87. The summed E-state index contributed by atoms with van der Waals surface area (Å²) in [5, 5.41) is 0. The van der Waals surface area contributed by atoms with Gasteiger partial charge in [-0.05, 0) is 36.6 Å². The van der Waals surface area contributed by atoms with Crippen molar-refractivity contribution in [2.75, 3.05) is 38.3 Å². The predicted octanol–water partition coefficient (Wildman–Crippen LogP) is 3.42. The molecule has 1 fully saturated rings. The van der Waals surface area contributed by atoms with Crippen molar-refractivity contribution in [3.8, 4) is 0 Å². The zero-order valence-electron chi connectivity index (χ0n) is 15.8. The highest BCUT2D eigenvalue weighted by Crippen LogP contribution is 2.17. The van der Waals surface area contributed by atoms with Crippen LogP contribution in [0.4, 0.5) is 5.69 Å². The van der Waals surface area contributed by atoms with Crippen LogP contribution in [0.25, 0.3) is 0 Å². The average Bonchev–Trinajstić information content (AvgIpc) is 2.67. The van der Waals surface area contributed by atoms with E-state index in [2.05, 4.69) is 60.4 Å². The molecule has 4 heteroatoms. The molecule has 3 rings (SSSR count). The SMILES string of the molecule is Cc1cccc(CCC(=O)N(C)Cc2ccc(N3CCOCC3)cc2)c1. The minimum Gasteiger partial charge on any atom is -0.378 e. The highest BCUT2D eigenvalue weighted by molar-refractivity contribution is 5.76. The first-order valence-corrected chi connectivity index (χ1v) is 9.33. The van der Waals surface area contributed by atoms with Crippen LogP contribution in [-0.2, 0) is 22.5 Å². The summed E-state index contributed by atoms with van der Waals surface area (Å²) in [6.45, 7) is 6.20. The zero-order valence-corrected chi connectivity index (χ0v) is 15.8. The topological polar surface area (TPSA) is 32.8 Å². The lowest BCUT2D eigenvalue weighted by atomic mass is 10.1. The summed E-state index contributed by atoms with van der Waals surface area (Å²) in [6.07, 6.45) is 1.34. The summed E-state index contributed by atoms with van der Waals surface area (Å²) in [5.74, 6) is 0.184. The van der Waals surface area contributed by atoms with Crippen LogP contribution < -0.4 is 4.90 Å². The van der Waals surface area contributed by atoms with Gasteiger partial charge in [-0.1, -0.05) is 42.0 Å². The molecule has 0 radical (unpaired) electrons. The van der Waals surface area contributed by atoms with Crippen LogP contribution in [0.1, 0.15) is 23.1 Å². The van der Waals surface area contributed by atoms with Gasteiger partial charge in [0.15, 0.2) is 0 Å². The molecule has 0 spiro atoms. The van der Waals surface area contributed by atoms with Crippen LogP contribution in [0.5, 0.6) is 0 Å². The number of rotatable bonds is 6. The maximum absolute atomic E-state index is 12.4. The Morgan fingerprint density at radius 3 is 2.50 bits per heavy atom. The van der Waals surface area contributed by atoms with Crippen LogP contribution in [0.3, 0.4) is 0 Å². The van der Waals surface area contributed by atoms with E-state index < -0.39 is 0 Å². The molecule has 4 nitrogen and oxygen atoms in total. The zero-order chi connectivity index (χ0) is 18.4. The highest BCUT2D eigenvalue weighted by atomic mass is 16.5. The van der Waals surface area contributed by atoms with E-state index in [0.717, 1.165) is 38.3 Å². The Morgan fingerprint density at radius 2 is 1.81 bits per heavy atom. The summed E-state index contributed by atoms with van der Waals surface area (Å²) in [7, 11) is 1.88. The lowest BCUT2D eigenvalue weighted by Gasteiger charge is -2.29. The average molecular weight is 352 g/mol. The fourth-order valence-corrected chi connectivity index (χ4v) is 3.31. The largest absolute Gasteiger partial charge is 0.378 e. The Labute approximate surface area is 156 Å². The van der Waals surface area contributed by atoms with Gasteiger partial charge >= 0.3 is 0 Å². The van der Waals surface area contributed by atoms with E-state index in [1.165, 1.54) is 16.8 Å². The van der Waals surface area contributed by atoms with Crippen molar-refractivity contribution in [2.45, 2.75) is 26.3 Å². The molecule has 26 heavy (non-hydrogen) atoms. The molecular formula is C22H28N2O2. The molecule has 1 heterocycles. The van der Waals surface area contributed by atoms with E-state index in [1.54, 1.807) is 0 Å². The summed E-state index contributed by atoms with van der Waals surface area (Å²) >= 11 is 0. The van der Waals surface area contributed by atoms with Crippen molar-refractivity contribution in [3.05, 3.63) is 65.2 Å². The molecule has 2 aromatic carbocycles. The van der Waals surface area contributed by atoms with Crippen LogP contribution in [0.15, 0.2) is 48.5 Å². The third kappa shape index (κ3) is 5.09. The number of amides is 1. The van der Waals surface area contributed by atoms with Gasteiger partial charge in [0.2, 0.25) is 5.91 Å². The molecule has 0 saturated carbocycles. The predicted molar refractivity (Wildman–Crippen MR) is 105 cm³/mol. The first kappa shape index (κ1) is 18.5. The Hall–Kier alpha value is -2.33. The van der Waals surface area contributed by atoms with Gasteiger partial charge in [-0.3, -0.25) is 4.79 Å². The summed E-state index contributed by atoms with van der Waals surface area (Å²) in [6, 6.07) is 16.9. The summed E-state index contributed by atoms with van der Waals surface area (Å²) in [4.78, 5) is 16.6. The first-order valence-electron chi connectivity index (χ1n) is 9.33. The number of aryl methyl sites for hydroxylation is 2. The summed E-state index contributed by atoms with van der Waals surface area (Å²) < 4.78 is 5.40. The van der Waals surface area contributed by atoms with Crippen LogP contribution in [-0.4, -0.2) is 44.2 Å².